The molecule has 4 aromatic rings. The molecule has 41 heavy (non-hydrogen) atoms. The van der Waals surface area contributed by atoms with Crippen molar-refractivity contribution in [2.45, 2.75) is 24.3 Å². The van der Waals surface area contributed by atoms with Crippen LogP contribution in [0.3, 0.4) is 0 Å². The molecule has 8 nitrogen and oxygen atoms in total. The average Bonchev–Trinajstić information content (AvgIpc) is 3.38. The molecule has 1 saturated heterocycles. The second kappa shape index (κ2) is 10.5. The summed E-state index contributed by atoms with van der Waals surface area (Å²) in [6, 6.07) is 16.1. The summed E-state index contributed by atoms with van der Waals surface area (Å²) in [5.74, 6) is -0.667. The van der Waals surface area contributed by atoms with Crippen molar-refractivity contribution in [3.8, 4) is 5.75 Å². The predicted octanol–water partition coefficient (Wildman–Crippen LogP) is 5.21. The lowest BCUT2D eigenvalue weighted by Crippen LogP contribution is -2.56. The van der Waals surface area contributed by atoms with Gasteiger partial charge in [-0.05, 0) is 66.9 Å². The van der Waals surface area contributed by atoms with Crippen LogP contribution in [0.15, 0.2) is 66.7 Å². The van der Waals surface area contributed by atoms with Crippen LogP contribution in [0, 0.1) is 11.6 Å². The average molecular weight is 561 g/mol. The van der Waals surface area contributed by atoms with Gasteiger partial charge in [0.25, 0.3) is 5.91 Å². The van der Waals surface area contributed by atoms with Gasteiger partial charge in [-0.2, -0.15) is 0 Å². The zero-order valence-corrected chi connectivity index (χ0v) is 22.5. The van der Waals surface area contributed by atoms with Crippen molar-refractivity contribution in [2.75, 3.05) is 38.7 Å². The molecule has 0 saturated carbocycles. The molecule has 212 valence electrons. The quantitative estimate of drug-likeness (QED) is 0.319. The number of halogens is 2. The first-order valence-corrected chi connectivity index (χ1v) is 13.5. The molecule has 1 atom stereocenters. The summed E-state index contributed by atoms with van der Waals surface area (Å²) in [7, 11) is 1.59. The summed E-state index contributed by atoms with van der Waals surface area (Å²) in [5.41, 5.74) is 2.48. The van der Waals surface area contributed by atoms with Crippen LogP contribution in [0.1, 0.15) is 40.5 Å². The van der Waals surface area contributed by atoms with E-state index in [1.54, 1.807) is 29.0 Å². The van der Waals surface area contributed by atoms with Crippen molar-refractivity contribution in [1.29, 1.82) is 0 Å². The fourth-order valence-electron chi connectivity index (χ4n) is 6.30. The minimum atomic E-state index is -0.660. The molecule has 10 heteroatoms. The molecule has 6 rings (SSSR count). The van der Waals surface area contributed by atoms with E-state index in [0.29, 0.717) is 43.9 Å². The maximum atomic E-state index is 14.4. The van der Waals surface area contributed by atoms with Gasteiger partial charge in [0.2, 0.25) is 0 Å². The number of aliphatic hydroxyl groups excluding tert-OH is 1. The molecule has 0 radical (unpaired) electrons. The zero-order valence-electron chi connectivity index (χ0n) is 22.5. The van der Waals surface area contributed by atoms with E-state index in [1.165, 1.54) is 36.4 Å². The number of amides is 3. The van der Waals surface area contributed by atoms with Crippen LogP contribution < -0.4 is 10.1 Å². The van der Waals surface area contributed by atoms with Gasteiger partial charge in [-0.3, -0.25) is 4.79 Å². The number of aliphatic hydroxyl groups is 1. The van der Waals surface area contributed by atoms with Crippen molar-refractivity contribution in [1.82, 2.24) is 14.8 Å². The Hall–Kier alpha value is -4.44. The van der Waals surface area contributed by atoms with Crippen LogP contribution in [-0.4, -0.2) is 65.2 Å². The van der Waals surface area contributed by atoms with Crippen LogP contribution in [0.25, 0.3) is 10.9 Å². The zero-order chi connectivity index (χ0) is 28.7. The molecular weight excluding hydrogens is 530 g/mol. The third-order valence-electron chi connectivity index (χ3n) is 8.39. The third kappa shape index (κ3) is 4.67. The predicted molar refractivity (Wildman–Crippen MR) is 150 cm³/mol. The maximum absolute atomic E-state index is 14.4. The van der Waals surface area contributed by atoms with E-state index in [2.05, 4.69) is 10.3 Å². The van der Waals surface area contributed by atoms with Crippen molar-refractivity contribution in [2.24, 2.45) is 0 Å². The van der Waals surface area contributed by atoms with Crippen LogP contribution in [0.4, 0.5) is 19.3 Å². The Morgan fingerprint density at radius 3 is 2.49 bits per heavy atom. The van der Waals surface area contributed by atoms with E-state index < -0.39 is 29.1 Å². The number of fused-ring (bicyclic) bond motifs is 4. The van der Waals surface area contributed by atoms with Crippen LogP contribution >= 0.6 is 0 Å². The highest BCUT2D eigenvalue weighted by Crippen LogP contribution is 2.49. The number of likely N-dealkylation sites (tertiary alicyclic amines) is 1. The Morgan fingerprint density at radius 1 is 1.07 bits per heavy atom. The summed E-state index contributed by atoms with van der Waals surface area (Å²) >= 11 is 0. The first-order valence-electron chi connectivity index (χ1n) is 13.5. The molecule has 3 amide bonds. The number of rotatable bonds is 4. The number of carbonyl (C=O) groups excluding carboxylic acids is 2. The van der Waals surface area contributed by atoms with Crippen molar-refractivity contribution in [3.05, 3.63) is 95.2 Å². The number of piperidine rings is 1. The van der Waals surface area contributed by atoms with Crippen LogP contribution in [-0.2, 0) is 5.41 Å². The highest BCUT2D eigenvalue weighted by atomic mass is 19.1. The smallest absolute Gasteiger partial charge is 0.322 e. The highest BCUT2D eigenvalue weighted by molar-refractivity contribution is 5.95. The fraction of sp³-hybridized carbons (Fsp3) is 0.290. The topological polar surface area (TPSA) is 97.9 Å². The number of aromatic amines is 1. The number of aromatic nitrogens is 1. The van der Waals surface area contributed by atoms with Crippen molar-refractivity contribution in [3.63, 3.8) is 0 Å². The van der Waals surface area contributed by atoms with Crippen LogP contribution in [0.2, 0.25) is 0 Å². The lowest BCUT2D eigenvalue weighted by atomic mass is 9.68. The number of urea groups is 1. The van der Waals surface area contributed by atoms with Gasteiger partial charge in [0.15, 0.2) is 0 Å². The highest BCUT2D eigenvalue weighted by Gasteiger charge is 2.49. The Kier molecular flexibility index (Phi) is 6.86. The van der Waals surface area contributed by atoms with E-state index in [9.17, 15) is 23.5 Å². The molecule has 1 fully saturated rings. The van der Waals surface area contributed by atoms with E-state index in [4.69, 9.17) is 4.74 Å². The molecule has 0 bridgehead atoms. The first-order chi connectivity index (χ1) is 19.8. The van der Waals surface area contributed by atoms with Crippen molar-refractivity contribution < 1.29 is 28.2 Å². The number of hydrogen-bond donors (Lipinski definition) is 3. The SMILES string of the molecule is COc1ccc2c3c([nH]c2c1)[C@@H](CO)N(C(=O)Nc1ccc(F)cc1)CC31CCN(C(=O)c2ccccc2F)CC1. The van der Waals surface area contributed by atoms with Gasteiger partial charge in [-0.25, -0.2) is 13.6 Å². The number of hydrogen-bond acceptors (Lipinski definition) is 4. The normalized spacial score (nSPS) is 17.9. The number of ether oxygens (including phenoxy) is 1. The third-order valence-corrected chi connectivity index (χ3v) is 8.39. The van der Waals surface area contributed by atoms with Gasteiger partial charge in [0.1, 0.15) is 17.4 Å². The number of benzene rings is 3. The number of nitrogens with zero attached hydrogens (tertiary/aromatic N) is 2. The summed E-state index contributed by atoms with van der Waals surface area (Å²) < 4.78 is 33.3. The largest absolute Gasteiger partial charge is 0.497 e. The minimum absolute atomic E-state index is 0.0348. The summed E-state index contributed by atoms with van der Waals surface area (Å²) in [6.45, 7) is 0.708. The molecule has 3 heterocycles. The van der Waals surface area contributed by atoms with Gasteiger partial charge in [-0.1, -0.05) is 12.1 Å². The lowest BCUT2D eigenvalue weighted by Gasteiger charge is -2.50. The van der Waals surface area contributed by atoms with E-state index in [1.807, 2.05) is 18.2 Å². The Balaban J connectivity index is 1.37. The molecule has 3 aromatic carbocycles. The number of methoxy groups -OCH3 is 1. The molecule has 0 unspecified atom stereocenters. The van der Waals surface area contributed by atoms with Gasteiger partial charge in [-0.15, -0.1) is 0 Å². The summed E-state index contributed by atoms with van der Waals surface area (Å²) in [6.07, 6.45) is 1.05. The van der Waals surface area contributed by atoms with Gasteiger partial charge in [0.05, 0.1) is 25.3 Å². The molecule has 1 aromatic heterocycles. The Labute approximate surface area is 235 Å². The molecule has 2 aliphatic heterocycles. The van der Waals surface area contributed by atoms with E-state index >= 15 is 0 Å². The molecule has 1 spiro atoms. The van der Waals surface area contributed by atoms with Gasteiger partial charge >= 0.3 is 6.03 Å². The van der Waals surface area contributed by atoms with E-state index in [0.717, 1.165) is 22.2 Å². The second-order valence-electron chi connectivity index (χ2n) is 10.6. The fourth-order valence-corrected chi connectivity index (χ4v) is 6.30. The lowest BCUT2D eigenvalue weighted by molar-refractivity contribution is 0.0540. The molecule has 0 aliphatic carbocycles. The second-order valence-corrected chi connectivity index (χ2v) is 10.6. The number of H-pyrrole nitrogens is 1. The van der Waals surface area contributed by atoms with Gasteiger partial charge in [0, 0.05) is 53.4 Å². The number of nitrogens with one attached hydrogen (secondary N) is 2. The van der Waals surface area contributed by atoms with E-state index in [-0.39, 0.29) is 18.1 Å². The van der Waals surface area contributed by atoms with Crippen LogP contribution in [0.5, 0.6) is 5.75 Å². The standard InChI is InChI=1S/C31H30F2N4O4/c1-41-21-10-11-23-25(16-21)35-28-26(17-38)37(30(40)34-20-8-6-19(32)7-9-20)18-31(27(23)28)12-14-36(15-13-31)29(39)22-4-2-3-5-24(22)33/h2-11,16,26,35,38H,12-15,17-18H2,1H3,(H,34,40)/t26-/m1/s1. The minimum Gasteiger partial charge on any atom is -0.497 e. The molecule has 3 N–H and O–H groups in total. The molecular formula is C31H30F2N4O4. The number of carbonyl (C=O) groups is 2. The van der Waals surface area contributed by atoms with Crippen molar-refractivity contribution >= 4 is 28.5 Å². The first kappa shape index (κ1) is 26.8. The summed E-state index contributed by atoms with van der Waals surface area (Å²) in [5, 5.41) is 14.3. The summed E-state index contributed by atoms with van der Waals surface area (Å²) in [4.78, 5) is 33.5. The Morgan fingerprint density at radius 2 is 1.80 bits per heavy atom. The molecule has 2 aliphatic rings. The maximum Gasteiger partial charge on any atom is 0.322 e. The van der Waals surface area contributed by atoms with Gasteiger partial charge < -0.3 is 29.9 Å². The Bertz CT molecular complexity index is 1610. The number of anilines is 1. The monoisotopic (exact) mass is 560 g/mol.